The lowest BCUT2D eigenvalue weighted by Crippen LogP contribution is -2.37. The van der Waals surface area contributed by atoms with Crippen LogP contribution in [0.25, 0.3) is 22.3 Å². The third kappa shape index (κ3) is 3.89. The molecule has 9 heteroatoms. The fourth-order valence-corrected chi connectivity index (χ4v) is 4.03. The number of aromatic carboxylic acids is 1. The van der Waals surface area contributed by atoms with Gasteiger partial charge in [0.1, 0.15) is 24.0 Å². The quantitative estimate of drug-likeness (QED) is 0.562. The number of benzene rings is 1. The van der Waals surface area contributed by atoms with Crippen molar-refractivity contribution in [3.05, 3.63) is 36.0 Å². The molecule has 4 heterocycles. The van der Waals surface area contributed by atoms with Gasteiger partial charge in [-0.3, -0.25) is 0 Å². The Kier molecular flexibility index (Phi) is 5.44. The highest BCUT2D eigenvalue weighted by atomic mass is 16.6. The van der Waals surface area contributed by atoms with Gasteiger partial charge in [-0.25, -0.2) is 14.5 Å². The van der Waals surface area contributed by atoms with Crippen LogP contribution < -0.4 is 9.64 Å². The summed E-state index contributed by atoms with van der Waals surface area (Å²) in [6.07, 6.45) is 1.86. The summed E-state index contributed by atoms with van der Waals surface area (Å²) in [4.78, 5) is 19.5. The molecule has 1 aromatic carbocycles. The molecular weight excluding hydrogens is 412 g/mol. The molecule has 168 valence electrons. The molecule has 2 saturated heterocycles. The number of carbonyl (C=O) groups is 1. The maximum Gasteiger partial charge on any atom is 0.340 e. The van der Waals surface area contributed by atoms with Crippen LogP contribution in [-0.2, 0) is 9.47 Å². The average molecular weight is 438 g/mol. The van der Waals surface area contributed by atoms with Crippen molar-refractivity contribution in [1.82, 2.24) is 14.8 Å². The molecule has 0 amide bonds. The molecular formula is C23H26N4O5. The number of hydrogen-bond donors (Lipinski definition) is 1. The molecule has 0 radical (unpaired) electrons. The molecule has 9 nitrogen and oxygen atoms in total. The van der Waals surface area contributed by atoms with E-state index in [9.17, 15) is 9.90 Å². The number of fused-ring (bicyclic) bond motifs is 1. The summed E-state index contributed by atoms with van der Waals surface area (Å²) in [7, 11) is 0. The Morgan fingerprint density at radius 3 is 2.78 bits per heavy atom. The normalized spacial score (nSPS) is 18.3. The highest BCUT2D eigenvalue weighted by molar-refractivity contribution is 6.09. The zero-order chi connectivity index (χ0) is 22.2. The van der Waals surface area contributed by atoms with Gasteiger partial charge in [-0.1, -0.05) is 12.1 Å². The maximum absolute atomic E-state index is 12.6. The van der Waals surface area contributed by atoms with Crippen molar-refractivity contribution in [2.45, 2.75) is 26.0 Å². The smallest absolute Gasteiger partial charge is 0.340 e. The molecule has 1 N–H and O–H groups in total. The first-order valence-electron chi connectivity index (χ1n) is 10.8. The molecule has 2 aliphatic heterocycles. The zero-order valence-electron chi connectivity index (χ0n) is 18.2. The Morgan fingerprint density at radius 2 is 2.09 bits per heavy atom. The lowest BCUT2D eigenvalue weighted by Gasteiger charge is -2.31. The number of pyridine rings is 1. The van der Waals surface area contributed by atoms with E-state index in [-0.39, 0.29) is 17.7 Å². The number of epoxide rings is 1. The second kappa shape index (κ2) is 8.40. The van der Waals surface area contributed by atoms with Crippen LogP contribution in [-0.4, -0.2) is 71.5 Å². The van der Waals surface area contributed by atoms with E-state index in [1.807, 2.05) is 42.8 Å². The van der Waals surface area contributed by atoms with Crippen LogP contribution in [0.5, 0.6) is 5.75 Å². The van der Waals surface area contributed by atoms with Gasteiger partial charge in [-0.15, -0.1) is 0 Å². The van der Waals surface area contributed by atoms with E-state index in [1.54, 1.807) is 6.20 Å². The van der Waals surface area contributed by atoms with Crippen LogP contribution in [0.4, 0.5) is 5.69 Å². The fraction of sp³-hybridized carbons (Fsp3) is 0.435. The van der Waals surface area contributed by atoms with Gasteiger partial charge in [0.05, 0.1) is 42.8 Å². The number of anilines is 1. The number of hydrogen-bond acceptors (Lipinski definition) is 7. The van der Waals surface area contributed by atoms with Crippen LogP contribution >= 0.6 is 0 Å². The first kappa shape index (κ1) is 20.7. The van der Waals surface area contributed by atoms with E-state index in [4.69, 9.17) is 19.2 Å². The van der Waals surface area contributed by atoms with Crippen LogP contribution in [0.3, 0.4) is 0 Å². The van der Waals surface area contributed by atoms with Crippen molar-refractivity contribution < 1.29 is 24.1 Å². The SMILES string of the molecule is CC(C)n1ncc2c(N3CCOCC3)c(C(=O)O)c(-c3cccc(OCC4CO4)c3)nc21. The van der Waals surface area contributed by atoms with E-state index in [0.29, 0.717) is 67.9 Å². The minimum Gasteiger partial charge on any atom is -0.491 e. The largest absolute Gasteiger partial charge is 0.491 e. The van der Waals surface area contributed by atoms with Gasteiger partial charge in [0, 0.05) is 24.7 Å². The first-order chi connectivity index (χ1) is 15.5. The first-order valence-corrected chi connectivity index (χ1v) is 10.8. The van der Waals surface area contributed by atoms with Crippen molar-refractivity contribution in [2.75, 3.05) is 44.4 Å². The van der Waals surface area contributed by atoms with Crippen LogP contribution in [0, 0.1) is 0 Å². The monoisotopic (exact) mass is 438 g/mol. The minimum atomic E-state index is -1.02. The van der Waals surface area contributed by atoms with Crippen LogP contribution in [0.2, 0.25) is 0 Å². The van der Waals surface area contributed by atoms with Gasteiger partial charge >= 0.3 is 5.97 Å². The highest BCUT2D eigenvalue weighted by Gasteiger charge is 2.29. The molecule has 0 bridgehead atoms. The predicted octanol–water partition coefficient (Wildman–Crippen LogP) is 2.99. The molecule has 2 fully saturated rings. The van der Waals surface area contributed by atoms with Gasteiger partial charge in [-0.05, 0) is 26.0 Å². The summed E-state index contributed by atoms with van der Waals surface area (Å²) < 4.78 is 18.4. The summed E-state index contributed by atoms with van der Waals surface area (Å²) >= 11 is 0. The minimum absolute atomic E-state index is 0.0780. The Hall–Kier alpha value is -3.17. The summed E-state index contributed by atoms with van der Waals surface area (Å²) in [5, 5.41) is 15.6. The van der Waals surface area contributed by atoms with Gasteiger partial charge in [0.15, 0.2) is 5.65 Å². The molecule has 2 aliphatic rings. The molecule has 32 heavy (non-hydrogen) atoms. The molecule has 1 atom stereocenters. The fourth-order valence-electron chi connectivity index (χ4n) is 4.03. The van der Waals surface area contributed by atoms with Crippen molar-refractivity contribution in [1.29, 1.82) is 0 Å². The lowest BCUT2D eigenvalue weighted by molar-refractivity contribution is 0.0697. The summed E-state index contributed by atoms with van der Waals surface area (Å²) in [6.45, 7) is 7.55. The van der Waals surface area contributed by atoms with Gasteiger partial charge in [0.2, 0.25) is 0 Å². The summed E-state index contributed by atoms with van der Waals surface area (Å²) in [6, 6.07) is 7.48. The van der Waals surface area contributed by atoms with E-state index in [0.717, 1.165) is 5.39 Å². The molecule has 3 aromatic rings. The van der Waals surface area contributed by atoms with Gasteiger partial charge in [0.25, 0.3) is 0 Å². The Bertz CT molecular complexity index is 1150. The number of nitrogens with zero attached hydrogens (tertiary/aromatic N) is 4. The van der Waals surface area contributed by atoms with Crippen LogP contribution in [0.1, 0.15) is 30.2 Å². The van der Waals surface area contributed by atoms with E-state index >= 15 is 0 Å². The Morgan fingerprint density at radius 1 is 1.31 bits per heavy atom. The zero-order valence-corrected chi connectivity index (χ0v) is 18.2. The van der Waals surface area contributed by atoms with Crippen molar-refractivity contribution in [2.24, 2.45) is 0 Å². The maximum atomic E-state index is 12.6. The highest BCUT2D eigenvalue weighted by Crippen LogP contribution is 2.38. The third-order valence-electron chi connectivity index (χ3n) is 5.69. The summed E-state index contributed by atoms with van der Waals surface area (Å²) in [5.74, 6) is -0.368. The summed E-state index contributed by atoms with van der Waals surface area (Å²) in [5.41, 5.74) is 2.57. The Balaban J connectivity index is 1.70. The predicted molar refractivity (Wildman–Crippen MR) is 119 cm³/mol. The number of carboxylic acids is 1. The number of aromatic nitrogens is 3. The van der Waals surface area contributed by atoms with E-state index in [1.165, 1.54) is 0 Å². The molecule has 0 aliphatic carbocycles. The molecule has 0 spiro atoms. The van der Waals surface area contributed by atoms with Crippen molar-refractivity contribution >= 4 is 22.7 Å². The van der Waals surface area contributed by atoms with Crippen LogP contribution in [0.15, 0.2) is 30.5 Å². The molecule has 1 unspecified atom stereocenters. The van der Waals surface area contributed by atoms with Crippen molar-refractivity contribution in [3.63, 3.8) is 0 Å². The number of carboxylic acid groups (broad SMARTS) is 1. The molecule has 0 saturated carbocycles. The lowest BCUT2D eigenvalue weighted by atomic mass is 10.0. The average Bonchev–Trinajstić information content (AvgIpc) is 3.53. The topological polar surface area (TPSA) is 102 Å². The van der Waals surface area contributed by atoms with E-state index < -0.39 is 5.97 Å². The number of ether oxygens (including phenoxy) is 3. The molecule has 5 rings (SSSR count). The second-order valence-electron chi connectivity index (χ2n) is 8.30. The number of morpholine rings is 1. The Labute approximate surface area is 185 Å². The standard InChI is InChI=1S/C23H26N4O5/c1-14(2)27-22-18(11-24-27)21(26-6-8-30-9-7-26)19(23(28)29)20(25-22)15-4-3-5-16(10-15)31-12-17-13-32-17/h3-5,10-11,14,17H,6-9,12-13H2,1-2H3,(H,28,29). The van der Waals surface area contributed by atoms with E-state index in [2.05, 4.69) is 10.00 Å². The van der Waals surface area contributed by atoms with Gasteiger partial charge < -0.3 is 24.2 Å². The number of rotatable bonds is 7. The molecule has 2 aromatic heterocycles. The second-order valence-corrected chi connectivity index (χ2v) is 8.30. The van der Waals surface area contributed by atoms with Gasteiger partial charge in [-0.2, -0.15) is 5.10 Å². The van der Waals surface area contributed by atoms with Crippen molar-refractivity contribution in [3.8, 4) is 17.0 Å². The third-order valence-corrected chi connectivity index (χ3v) is 5.69.